The van der Waals surface area contributed by atoms with Gasteiger partial charge in [0, 0.05) is 44.3 Å². The number of ether oxygens (including phenoxy) is 2. The second-order valence-electron chi connectivity index (χ2n) is 21.6. The van der Waals surface area contributed by atoms with Gasteiger partial charge in [-0.05, 0) is 181 Å². The first-order chi connectivity index (χ1) is 41.4. The molecule has 3 aliphatic rings. The molecule has 0 fully saturated rings. The lowest BCUT2D eigenvalue weighted by molar-refractivity contribution is -0.275. The van der Waals surface area contributed by atoms with Crippen molar-refractivity contribution in [2.45, 2.75) is 18.1 Å². The van der Waals surface area contributed by atoms with E-state index in [9.17, 15) is 26.3 Å². The summed E-state index contributed by atoms with van der Waals surface area (Å²) >= 11 is 0. The van der Waals surface area contributed by atoms with Gasteiger partial charge in [0.25, 0.3) is 0 Å². The fourth-order valence-corrected chi connectivity index (χ4v) is 14.1. The second-order valence-corrected chi connectivity index (χ2v) is 21.6. The van der Waals surface area contributed by atoms with Crippen molar-refractivity contribution in [3.63, 3.8) is 0 Å². The number of benzene rings is 12. The van der Waals surface area contributed by atoms with E-state index in [-0.39, 0.29) is 11.5 Å². The Bertz CT molecular complexity index is 4910. The van der Waals surface area contributed by atoms with Crippen LogP contribution in [0.15, 0.2) is 251 Å². The Morgan fingerprint density at radius 3 is 1.27 bits per heavy atom. The first-order valence-electron chi connectivity index (χ1n) is 27.6. The number of hydrogen-bond acceptors (Lipinski definition) is 6. The molecule has 1 spiro atoms. The number of para-hydroxylation sites is 4. The largest absolute Gasteiger partial charge is 0.573 e. The van der Waals surface area contributed by atoms with E-state index in [1.807, 2.05) is 107 Å². The number of anilines is 6. The Hall–Kier alpha value is -10.7. The maximum Gasteiger partial charge on any atom is 0.573 e. The number of hydrogen-bond donors (Lipinski definition) is 0. The molecule has 0 saturated heterocycles. The maximum atomic E-state index is 13.7. The van der Waals surface area contributed by atoms with E-state index in [1.165, 1.54) is 29.7 Å². The molecule has 0 aliphatic heterocycles. The summed E-state index contributed by atoms with van der Waals surface area (Å²) in [6.07, 6.45) is -9.80. The summed E-state index contributed by atoms with van der Waals surface area (Å²) in [5, 5.41) is 5.82. The van der Waals surface area contributed by atoms with Crippen LogP contribution in [-0.2, 0) is 5.41 Å². The van der Waals surface area contributed by atoms with Gasteiger partial charge in [-0.2, -0.15) is 0 Å². The molecule has 14 aromatic rings. The summed E-state index contributed by atoms with van der Waals surface area (Å²) < 4.78 is 105. The van der Waals surface area contributed by atoms with E-state index >= 15 is 0 Å². The van der Waals surface area contributed by atoms with Gasteiger partial charge in [0.15, 0.2) is 11.2 Å². The predicted octanol–water partition coefficient (Wildman–Crippen LogP) is 21.4. The molecule has 17 rings (SSSR count). The summed E-state index contributed by atoms with van der Waals surface area (Å²) in [4.78, 5) is 4.05. The zero-order valence-corrected chi connectivity index (χ0v) is 44.4. The van der Waals surface area contributed by atoms with E-state index in [0.717, 1.165) is 93.7 Å². The number of nitrogens with zero attached hydrogens (tertiary/aromatic N) is 2. The van der Waals surface area contributed by atoms with Crippen molar-refractivity contribution in [2.24, 2.45) is 0 Å². The van der Waals surface area contributed by atoms with Gasteiger partial charge in [-0.1, -0.05) is 140 Å². The van der Waals surface area contributed by atoms with Crippen LogP contribution in [0.4, 0.5) is 60.5 Å². The molecule has 2 aromatic heterocycles. The molecular weight excluding hydrogens is 1080 g/mol. The molecule has 0 radical (unpaired) electrons. The molecule has 0 saturated carbocycles. The molecular formula is C73H40F6N2O4. The van der Waals surface area contributed by atoms with E-state index in [2.05, 4.69) is 107 Å². The van der Waals surface area contributed by atoms with Gasteiger partial charge in [0.1, 0.15) is 22.7 Å². The summed E-state index contributed by atoms with van der Waals surface area (Å²) in [6, 6.07) is 77.9. The smallest absolute Gasteiger partial charge is 0.454 e. The zero-order valence-electron chi connectivity index (χ0n) is 44.4. The van der Waals surface area contributed by atoms with Gasteiger partial charge in [-0.25, -0.2) is 0 Å². The van der Waals surface area contributed by atoms with Gasteiger partial charge in [0.05, 0.1) is 16.8 Å². The van der Waals surface area contributed by atoms with Crippen LogP contribution in [0.2, 0.25) is 0 Å². The van der Waals surface area contributed by atoms with Crippen LogP contribution in [0.1, 0.15) is 22.3 Å². The lowest BCUT2D eigenvalue weighted by atomic mass is 9.70. The minimum absolute atomic E-state index is 0.363. The number of rotatable bonds is 8. The van der Waals surface area contributed by atoms with Crippen molar-refractivity contribution in [3.8, 4) is 56.0 Å². The number of fused-ring (bicyclic) bond motifs is 20. The molecule has 12 heteroatoms. The van der Waals surface area contributed by atoms with Crippen LogP contribution in [0, 0.1) is 0 Å². The average Bonchev–Trinajstić information content (AvgIpc) is 1.53. The van der Waals surface area contributed by atoms with Crippen LogP contribution in [-0.4, -0.2) is 12.7 Å². The SMILES string of the molecule is FC(F)(F)Oc1ccc(N(c2ccc3c(c2)C2(c4cc(N(c5ccc(OC(F)(F)F)cc5)c5cccc6c5oc5ccccc56)ccc4-3)c3ccccc3-c3c2cc2c4c(cccc34)-c3ccccc3-2)c2cccc3c2oc2ccccc23)cc1. The molecule has 0 bridgehead atoms. The third kappa shape index (κ3) is 7.21. The lowest BCUT2D eigenvalue weighted by Gasteiger charge is -2.33. The minimum atomic E-state index is -4.90. The average molecular weight is 1120 g/mol. The summed E-state index contributed by atoms with van der Waals surface area (Å²) in [5.41, 5.74) is 17.9. The van der Waals surface area contributed by atoms with Crippen LogP contribution in [0.5, 0.6) is 11.5 Å². The number of alkyl halides is 6. The molecule has 408 valence electrons. The number of furan rings is 2. The Balaban J connectivity index is 0.955. The highest BCUT2D eigenvalue weighted by Gasteiger charge is 2.53. The normalized spacial score (nSPS) is 13.4. The Morgan fingerprint density at radius 1 is 0.318 bits per heavy atom. The highest BCUT2D eigenvalue weighted by Crippen LogP contribution is 2.67. The molecule has 2 heterocycles. The van der Waals surface area contributed by atoms with Gasteiger partial charge in [-0.15, -0.1) is 26.3 Å². The summed E-state index contributed by atoms with van der Waals surface area (Å²) in [7, 11) is 0. The molecule has 6 nitrogen and oxygen atoms in total. The molecule has 0 unspecified atom stereocenters. The third-order valence-electron chi connectivity index (χ3n) is 17.2. The van der Waals surface area contributed by atoms with Crippen molar-refractivity contribution in [1.29, 1.82) is 0 Å². The predicted molar refractivity (Wildman–Crippen MR) is 322 cm³/mol. The van der Waals surface area contributed by atoms with Crippen molar-refractivity contribution in [2.75, 3.05) is 9.80 Å². The quantitative estimate of drug-likeness (QED) is 0.141. The zero-order chi connectivity index (χ0) is 57.1. The first-order valence-corrected chi connectivity index (χ1v) is 27.6. The first kappa shape index (κ1) is 48.9. The fourth-order valence-electron chi connectivity index (χ4n) is 14.1. The number of halogens is 6. The standard InChI is InChI=1S/C73H40F6N2O4/c74-72(75,76)84-45-32-26-41(27-33-45)80(63-22-10-18-54-51-14-4-7-24-65(51)82-69(54)63)43-30-36-49-50-37-31-44(81(42-28-34-46(35-29-42)85-73(77,78)79)64-23-11-19-55-52-15-5-8-25-66(52)83-70(55)64)39-61(50)71(60(49)38-43)59-21-6-3-16-56(59)68-57-20-9-17-53-47-12-1-2-13-48(47)58(67(53)57)40-62(68)71/h1-40H. The van der Waals surface area contributed by atoms with Gasteiger partial charge < -0.3 is 28.1 Å². The molecule has 0 amide bonds. The highest BCUT2D eigenvalue weighted by atomic mass is 19.4. The highest BCUT2D eigenvalue weighted by molar-refractivity contribution is 6.21. The fraction of sp³-hybridized carbons (Fsp3) is 0.0411. The van der Waals surface area contributed by atoms with Crippen LogP contribution in [0.3, 0.4) is 0 Å². The van der Waals surface area contributed by atoms with E-state index in [1.54, 1.807) is 24.3 Å². The maximum absolute atomic E-state index is 13.7. The van der Waals surface area contributed by atoms with Gasteiger partial charge >= 0.3 is 12.7 Å². The monoisotopic (exact) mass is 1120 g/mol. The second kappa shape index (κ2) is 17.6. The molecule has 3 aliphatic carbocycles. The lowest BCUT2D eigenvalue weighted by Crippen LogP contribution is -2.26. The van der Waals surface area contributed by atoms with Crippen LogP contribution in [0.25, 0.3) is 99.2 Å². The van der Waals surface area contributed by atoms with Gasteiger partial charge in [-0.3, -0.25) is 0 Å². The van der Waals surface area contributed by atoms with Crippen molar-refractivity contribution >= 4 is 88.8 Å². The van der Waals surface area contributed by atoms with E-state index in [4.69, 9.17) is 8.83 Å². The Morgan fingerprint density at radius 2 is 0.741 bits per heavy atom. The van der Waals surface area contributed by atoms with E-state index in [0.29, 0.717) is 56.5 Å². The van der Waals surface area contributed by atoms with Crippen molar-refractivity contribution < 1.29 is 44.7 Å². The van der Waals surface area contributed by atoms with Gasteiger partial charge in [0.2, 0.25) is 0 Å². The molecule has 0 N–H and O–H groups in total. The molecule has 12 aromatic carbocycles. The van der Waals surface area contributed by atoms with Crippen molar-refractivity contribution in [1.82, 2.24) is 0 Å². The minimum Gasteiger partial charge on any atom is -0.454 e. The summed E-state index contributed by atoms with van der Waals surface area (Å²) in [6.45, 7) is 0. The van der Waals surface area contributed by atoms with E-state index < -0.39 is 18.1 Å². The Labute approximate surface area is 480 Å². The molecule has 0 atom stereocenters. The topological polar surface area (TPSA) is 51.2 Å². The van der Waals surface area contributed by atoms with Crippen molar-refractivity contribution in [3.05, 3.63) is 265 Å². The molecule has 85 heavy (non-hydrogen) atoms. The van der Waals surface area contributed by atoms with Crippen LogP contribution >= 0.6 is 0 Å². The summed E-state index contributed by atoms with van der Waals surface area (Å²) in [5.74, 6) is -0.726. The third-order valence-corrected chi connectivity index (χ3v) is 17.2. The Kier molecular flexibility index (Phi) is 10.2. The van der Waals surface area contributed by atoms with Crippen LogP contribution < -0.4 is 19.3 Å².